The van der Waals surface area contributed by atoms with Crippen molar-refractivity contribution in [3.8, 4) is 17.2 Å². The Morgan fingerprint density at radius 2 is 1.74 bits per heavy atom. The molecule has 2 aliphatic heterocycles. The highest BCUT2D eigenvalue weighted by Crippen LogP contribution is 2.33. The first-order chi connectivity index (χ1) is 16.9. The molecule has 180 valence electrons. The van der Waals surface area contributed by atoms with Crippen LogP contribution in [-0.2, 0) is 17.9 Å². The van der Waals surface area contributed by atoms with E-state index in [2.05, 4.69) is 5.32 Å². The van der Waals surface area contributed by atoms with E-state index in [1.165, 1.54) is 17.0 Å². The van der Waals surface area contributed by atoms with Crippen molar-refractivity contribution in [3.63, 3.8) is 0 Å². The molecule has 0 bridgehead atoms. The SMILES string of the molecule is CCC1Oc2ccc(NC(=O)c3ccc4c(c3)OCO4)cc2CN(Cc2cc(F)cc(F)c2)C1=O. The number of amides is 2. The summed E-state index contributed by atoms with van der Waals surface area (Å²) >= 11 is 0. The van der Waals surface area contributed by atoms with Crippen LogP contribution in [0.2, 0.25) is 0 Å². The molecule has 3 aromatic rings. The molecule has 2 amide bonds. The van der Waals surface area contributed by atoms with Gasteiger partial charge in [0.1, 0.15) is 17.4 Å². The van der Waals surface area contributed by atoms with Crippen molar-refractivity contribution >= 4 is 17.5 Å². The second kappa shape index (κ2) is 9.25. The van der Waals surface area contributed by atoms with Gasteiger partial charge < -0.3 is 24.4 Å². The number of benzene rings is 3. The monoisotopic (exact) mass is 480 g/mol. The third kappa shape index (κ3) is 4.75. The van der Waals surface area contributed by atoms with E-state index in [0.29, 0.717) is 46.0 Å². The molecule has 0 radical (unpaired) electrons. The molecule has 1 atom stereocenters. The van der Waals surface area contributed by atoms with Crippen LogP contribution in [0, 0.1) is 11.6 Å². The maximum absolute atomic E-state index is 13.7. The van der Waals surface area contributed by atoms with E-state index in [0.717, 1.165) is 6.07 Å². The van der Waals surface area contributed by atoms with E-state index in [1.807, 2.05) is 6.92 Å². The molecule has 3 aromatic carbocycles. The summed E-state index contributed by atoms with van der Waals surface area (Å²) in [7, 11) is 0. The standard InChI is InChI=1S/C26H22F2N2O5/c1-2-21-26(32)30(12-15-7-18(27)11-19(28)8-15)13-17-9-20(4-6-22(17)35-21)29-25(31)16-3-5-23-24(10-16)34-14-33-23/h3-11,21H,2,12-14H2,1H3,(H,29,31). The minimum atomic E-state index is -0.733. The van der Waals surface area contributed by atoms with Crippen LogP contribution in [0.5, 0.6) is 17.2 Å². The van der Waals surface area contributed by atoms with Crippen molar-refractivity contribution in [3.05, 3.63) is 82.9 Å². The predicted molar refractivity (Wildman–Crippen MR) is 122 cm³/mol. The normalized spacial score (nSPS) is 16.4. The van der Waals surface area contributed by atoms with Crippen LogP contribution in [-0.4, -0.2) is 29.6 Å². The Morgan fingerprint density at radius 1 is 1.00 bits per heavy atom. The molecule has 35 heavy (non-hydrogen) atoms. The van der Waals surface area contributed by atoms with Crippen LogP contribution in [0.4, 0.5) is 14.5 Å². The molecule has 9 heteroatoms. The first kappa shape index (κ1) is 22.6. The number of fused-ring (bicyclic) bond motifs is 2. The topological polar surface area (TPSA) is 77.1 Å². The number of hydrogen-bond donors (Lipinski definition) is 1. The zero-order chi connectivity index (χ0) is 24.5. The lowest BCUT2D eigenvalue weighted by atomic mass is 10.1. The zero-order valence-corrected chi connectivity index (χ0v) is 18.8. The molecule has 0 saturated heterocycles. The molecule has 2 heterocycles. The van der Waals surface area contributed by atoms with Crippen molar-refractivity contribution < 1.29 is 32.6 Å². The lowest BCUT2D eigenvalue weighted by molar-refractivity contribution is -0.139. The van der Waals surface area contributed by atoms with E-state index in [9.17, 15) is 18.4 Å². The van der Waals surface area contributed by atoms with Crippen LogP contribution >= 0.6 is 0 Å². The highest BCUT2D eigenvalue weighted by molar-refractivity contribution is 6.04. The molecule has 0 saturated carbocycles. The number of nitrogens with zero attached hydrogens (tertiary/aromatic N) is 1. The van der Waals surface area contributed by atoms with Crippen LogP contribution in [0.15, 0.2) is 54.6 Å². The first-order valence-electron chi connectivity index (χ1n) is 11.1. The van der Waals surface area contributed by atoms with Gasteiger partial charge in [0.15, 0.2) is 17.6 Å². The van der Waals surface area contributed by atoms with Gasteiger partial charge >= 0.3 is 0 Å². The number of rotatable bonds is 5. The van der Waals surface area contributed by atoms with Gasteiger partial charge in [-0.2, -0.15) is 0 Å². The number of halogens is 2. The van der Waals surface area contributed by atoms with Crippen LogP contribution in [0.25, 0.3) is 0 Å². The van der Waals surface area contributed by atoms with Gasteiger partial charge in [0, 0.05) is 36.0 Å². The van der Waals surface area contributed by atoms with Gasteiger partial charge in [-0.25, -0.2) is 8.78 Å². The summed E-state index contributed by atoms with van der Waals surface area (Å²) in [6, 6.07) is 13.2. The smallest absolute Gasteiger partial charge is 0.264 e. The molecular formula is C26H22F2N2O5. The van der Waals surface area contributed by atoms with Gasteiger partial charge in [0.25, 0.3) is 11.8 Å². The Hall–Kier alpha value is -4.14. The van der Waals surface area contributed by atoms with Crippen LogP contribution in [0.3, 0.4) is 0 Å². The molecule has 1 unspecified atom stereocenters. The largest absolute Gasteiger partial charge is 0.480 e. The molecular weight excluding hydrogens is 458 g/mol. The second-order valence-electron chi connectivity index (χ2n) is 8.33. The number of carbonyl (C=O) groups excluding carboxylic acids is 2. The molecule has 2 aliphatic rings. The average Bonchev–Trinajstić information content (AvgIpc) is 3.25. The predicted octanol–water partition coefficient (Wildman–Crippen LogP) is 4.65. The highest BCUT2D eigenvalue weighted by atomic mass is 19.1. The average molecular weight is 480 g/mol. The zero-order valence-electron chi connectivity index (χ0n) is 18.8. The van der Waals surface area contributed by atoms with Crippen molar-refractivity contribution in [2.24, 2.45) is 0 Å². The minimum Gasteiger partial charge on any atom is -0.480 e. The molecule has 0 aromatic heterocycles. The van der Waals surface area contributed by atoms with E-state index in [-0.39, 0.29) is 31.7 Å². The Bertz CT molecular complexity index is 1290. The van der Waals surface area contributed by atoms with Gasteiger partial charge in [-0.05, 0) is 60.5 Å². The molecule has 0 aliphatic carbocycles. The molecule has 5 rings (SSSR count). The van der Waals surface area contributed by atoms with Crippen molar-refractivity contribution in [1.82, 2.24) is 4.90 Å². The van der Waals surface area contributed by atoms with Crippen molar-refractivity contribution in [2.45, 2.75) is 32.5 Å². The Balaban J connectivity index is 1.39. The van der Waals surface area contributed by atoms with Crippen LogP contribution < -0.4 is 19.5 Å². The quantitative estimate of drug-likeness (QED) is 0.576. The van der Waals surface area contributed by atoms with Gasteiger partial charge in [-0.3, -0.25) is 9.59 Å². The van der Waals surface area contributed by atoms with E-state index < -0.39 is 17.7 Å². The lowest BCUT2D eigenvalue weighted by Crippen LogP contribution is -2.38. The maximum atomic E-state index is 13.7. The highest BCUT2D eigenvalue weighted by Gasteiger charge is 2.30. The van der Waals surface area contributed by atoms with Gasteiger partial charge in [0.2, 0.25) is 6.79 Å². The summed E-state index contributed by atoms with van der Waals surface area (Å²) < 4.78 is 44.0. The Labute approximate surface area is 200 Å². The third-order valence-electron chi connectivity index (χ3n) is 5.84. The van der Waals surface area contributed by atoms with E-state index >= 15 is 0 Å². The van der Waals surface area contributed by atoms with E-state index in [1.54, 1.807) is 36.4 Å². The van der Waals surface area contributed by atoms with Crippen molar-refractivity contribution in [1.29, 1.82) is 0 Å². The Kier molecular flexibility index (Phi) is 5.98. The number of carbonyl (C=O) groups is 2. The molecule has 1 N–H and O–H groups in total. The lowest BCUT2D eigenvalue weighted by Gasteiger charge is -2.23. The first-order valence-corrected chi connectivity index (χ1v) is 11.1. The van der Waals surface area contributed by atoms with Crippen LogP contribution in [0.1, 0.15) is 34.8 Å². The summed E-state index contributed by atoms with van der Waals surface area (Å²) in [6.07, 6.45) is -0.307. The summed E-state index contributed by atoms with van der Waals surface area (Å²) in [6.45, 7) is 2.10. The summed E-state index contributed by atoms with van der Waals surface area (Å²) in [5, 5.41) is 2.84. The van der Waals surface area contributed by atoms with Gasteiger partial charge in [0.05, 0.1) is 0 Å². The number of nitrogens with one attached hydrogen (secondary N) is 1. The molecule has 7 nitrogen and oxygen atoms in total. The fourth-order valence-corrected chi connectivity index (χ4v) is 4.14. The molecule has 0 spiro atoms. The number of hydrogen-bond acceptors (Lipinski definition) is 5. The summed E-state index contributed by atoms with van der Waals surface area (Å²) in [5.74, 6) is -0.441. The fraction of sp³-hybridized carbons (Fsp3) is 0.231. The third-order valence-corrected chi connectivity index (χ3v) is 5.84. The fourth-order valence-electron chi connectivity index (χ4n) is 4.14. The number of anilines is 1. The number of ether oxygens (including phenoxy) is 3. The van der Waals surface area contributed by atoms with Gasteiger partial charge in [-0.15, -0.1) is 0 Å². The molecule has 0 fully saturated rings. The van der Waals surface area contributed by atoms with E-state index in [4.69, 9.17) is 14.2 Å². The summed E-state index contributed by atoms with van der Waals surface area (Å²) in [5.41, 5.74) is 1.90. The van der Waals surface area contributed by atoms with Crippen molar-refractivity contribution in [2.75, 3.05) is 12.1 Å². The minimum absolute atomic E-state index is 0.0145. The summed E-state index contributed by atoms with van der Waals surface area (Å²) in [4.78, 5) is 27.4. The second-order valence-corrected chi connectivity index (χ2v) is 8.33. The Morgan fingerprint density at radius 3 is 2.51 bits per heavy atom. The maximum Gasteiger partial charge on any atom is 0.264 e. The van der Waals surface area contributed by atoms with Gasteiger partial charge in [-0.1, -0.05) is 6.92 Å².